The number of anilines is 1. The van der Waals surface area contributed by atoms with Crippen molar-refractivity contribution >= 4 is 11.6 Å². The number of hydrogen-bond acceptors (Lipinski definition) is 4. The van der Waals surface area contributed by atoms with Crippen LogP contribution in [0.15, 0.2) is 30.6 Å². The lowest BCUT2D eigenvalue weighted by Gasteiger charge is -2.41. The molecule has 0 bridgehead atoms. The molecule has 128 valence electrons. The van der Waals surface area contributed by atoms with E-state index in [2.05, 4.69) is 53.2 Å². The van der Waals surface area contributed by atoms with Gasteiger partial charge in [0.05, 0.1) is 0 Å². The minimum absolute atomic E-state index is 0.204. The zero-order valence-corrected chi connectivity index (χ0v) is 14.6. The van der Waals surface area contributed by atoms with E-state index in [1.807, 2.05) is 16.5 Å². The van der Waals surface area contributed by atoms with Gasteiger partial charge in [-0.15, -0.1) is 10.2 Å². The summed E-state index contributed by atoms with van der Waals surface area (Å²) in [5.41, 5.74) is 2.56. The lowest BCUT2D eigenvalue weighted by Crippen LogP contribution is -2.54. The summed E-state index contributed by atoms with van der Waals surface area (Å²) >= 11 is 0. The van der Waals surface area contributed by atoms with E-state index in [-0.39, 0.29) is 11.9 Å². The molecule has 2 heterocycles. The molecule has 3 rings (SSSR count). The first-order valence-electron chi connectivity index (χ1n) is 8.49. The second-order valence-electron chi connectivity index (χ2n) is 6.53. The van der Waals surface area contributed by atoms with Gasteiger partial charge in [0.1, 0.15) is 12.2 Å². The zero-order chi connectivity index (χ0) is 17.1. The molecule has 1 aromatic heterocycles. The van der Waals surface area contributed by atoms with Crippen LogP contribution in [0.4, 0.5) is 5.69 Å². The highest BCUT2D eigenvalue weighted by atomic mass is 16.2. The molecule has 0 N–H and O–H groups in total. The first-order chi connectivity index (χ1) is 11.6. The molecule has 0 spiro atoms. The van der Waals surface area contributed by atoms with Crippen molar-refractivity contribution in [2.45, 2.75) is 32.7 Å². The molecule has 2 aromatic rings. The van der Waals surface area contributed by atoms with Gasteiger partial charge in [0.15, 0.2) is 0 Å². The van der Waals surface area contributed by atoms with Crippen molar-refractivity contribution in [1.29, 1.82) is 0 Å². The summed E-state index contributed by atoms with van der Waals surface area (Å²) in [6, 6.07) is 8.65. The van der Waals surface area contributed by atoms with Crippen molar-refractivity contribution in [3.8, 4) is 0 Å². The largest absolute Gasteiger partial charge is 0.367 e. The maximum absolute atomic E-state index is 12.6. The topological polar surface area (TPSA) is 54.3 Å². The van der Waals surface area contributed by atoms with Gasteiger partial charge in [-0.25, -0.2) is 0 Å². The van der Waals surface area contributed by atoms with E-state index in [4.69, 9.17) is 0 Å². The molecule has 6 nitrogen and oxygen atoms in total. The number of nitrogens with zero attached hydrogens (tertiary/aromatic N) is 5. The highest BCUT2D eigenvalue weighted by Crippen LogP contribution is 2.23. The first-order valence-corrected chi connectivity index (χ1v) is 8.49. The lowest BCUT2D eigenvalue weighted by molar-refractivity contribution is -0.133. The Morgan fingerprint density at radius 1 is 1.29 bits per heavy atom. The van der Waals surface area contributed by atoms with Crippen LogP contribution in [0.3, 0.4) is 0 Å². The number of para-hydroxylation sites is 1. The van der Waals surface area contributed by atoms with Crippen LogP contribution < -0.4 is 4.90 Å². The van der Waals surface area contributed by atoms with E-state index >= 15 is 0 Å². The van der Waals surface area contributed by atoms with Gasteiger partial charge < -0.3 is 14.4 Å². The Hall–Kier alpha value is -2.37. The number of rotatable bonds is 4. The van der Waals surface area contributed by atoms with Crippen molar-refractivity contribution in [1.82, 2.24) is 19.7 Å². The van der Waals surface area contributed by atoms with E-state index in [9.17, 15) is 4.79 Å². The third kappa shape index (κ3) is 3.42. The van der Waals surface area contributed by atoms with Gasteiger partial charge >= 0.3 is 0 Å². The highest BCUT2D eigenvalue weighted by Gasteiger charge is 2.27. The number of benzene rings is 1. The Kier molecular flexibility index (Phi) is 4.83. The van der Waals surface area contributed by atoms with Gasteiger partial charge in [0.2, 0.25) is 5.91 Å². The van der Waals surface area contributed by atoms with Gasteiger partial charge in [0.25, 0.3) is 0 Å². The normalized spacial score (nSPS) is 18.0. The maximum Gasteiger partial charge on any atom is 0.223 e. The van der Waals surface area contributed by atoms with E-state index < -0.39 is 0 Å². The van der Waals surface area contributed by atoms with E-state index in [0.717, 1.165) is 25.5 Å². The number of piperazine rings is 1. The van der Waals surface area contributed by atoms with Crippen LogP contribution >= 0.6 is 0 Å². The smallest absolute Gasteiger partial charge is 0.223 e. The van der Waals surface area contributed by atoms with E-state index in [0.29, 0.717) is 12.8 Å². The second kappa shape index (κ2) is 7.03. The van der Waals surface area contributed by atoms with Crippen molar-refractivity contribution in [2.75, 3.05) is 24.5 Å². The van der Waals surface area contributed by atoms with Gasteiger partial charge in [-0.2, -0.15) is 0 Å². The van der Waals surface area contributed by atoms with Crippen LogP contribution in [0.2, 0.25) is 0 Å². The molecule has 1 saturated heterocycles. The summed E-state index contributed by atoms with van der Waals surface area (Å²) in [6.07, 6.45) is 2.80. The lowest BCUT2D eigenvalue weighted by atomic mass is 10.1. The fourth-order valence-corrected chi connectivity index (χ4v) is 3.36. The molecule has 1 aliphatic heterocycles. The van der Waals surface area contributed by atoms with Gasteiger partial charge in [-0.3, -0.25) is 4.79 Å². The molecule has 0 radical (unpaired) electrons. The van der Waals surface area contributed by atoms with Crippen LogP contribution in [-0.4, -0.2) is 51.2 Å². The molecule has 6 heteroatoms. The third-order valence-electron chi connectivity index (χ3n) is 4.77. The van der Waals surface area contributed by atoms with Crippen molar-refractivity contribution < 1.29 is 4.79 Å². The summed E-state index contributed by atoms with van der Waals surface area (Å²) in [6.45, 7) is 6.79. The third-order valence-corrected chi connectivity index (χ3v) is 4.77. The summed E-state index contributed by atoms with van der Waals surface area (Å²) < 4.78 is 1.87. The number of aryl methyl sites for hydroxylation is 3. The van der Waals surface area contributed by atoms with Gasteiger partial charge in [-0.1, -0.05) is 18.2 Å². The summed E-state index contributed by atoms with van der Waals surface area (Å²) in [4.78, 5) is 17.0. The van der Waals surface area contributed by atoms with E-state index in [1.165, 1.54) is 11.3 Å². The van der Waals surface area contributed by atoms with Crippen molar-refractivity contribution in [2.24, 2.45) is 7.05 Å². The number of hydrogen-bond donors (Lipinski definition) is 0. The standard InChI is InChI=1S/C18H25N5O/c1-14-6-4-5-7-16(14)22-10-11-23(15(2)12-22)18(24)9-8-17-20-19-13-21(17)3/h4-7,13,15H,8-12H2,1-3H3/t15-/m0/s1. The fraction of sp³-hybridized carbons (Fsp3) is 0.500. The Morgan fingerprint density at radius 2 is 2.08 bits per heavy atom. The Balaban J connectivity index is 1.58. The number of carbonyl (C=O) groups is 1. The van der Waals surface area contributed by atoms with Crippen LogP contribution in [0, 0.1) is 6.92 Å². The van der Waals surface area contributed by atoms with Crippen LogP contribution in [0.1, 0.15) is 24.7 Å². The van der Waals surface area contributed by atoms with Gasteiger partial charge in [0, 0.05) is 51.3 Å². The Labute approximate surface area is 143 Å². The van der Waals surface area contributed by atoms with Crippen molar-refractivity contribution in [3.63, 3.8) is 0 Å². The quantitative estimate of drug-likeness (QED) is 0.859. The molecular weight excluding hydrogens is 302 g/mol. The molecule has 0 unspecified atom stereocenters. The molecule has 1 aliphatic rings. The summed E-state index contributed by atoms with van der Waals surface area (Å²) in [5, 5.41) is 7.91. The average molecular weight is 327 g/mol. The first kappa shape index (κ1) is 16.5. The Morgan fingerprint density at radius 3 is 2.75 bits per heavy atom. The molecule has 1 amide bonds. The molecule has 1 atom stereocenters. The number of aromatic nitrogens is 3. The van der Waals surface area contributed by atoms with Crippen LogP contribution in [0.5, 0.6) is 0 Å². The zero-order valence-electron chi connectivity index (χ0n) is 14.6. The predicted octanol–water partition coefficient (Wildman–Crippen LogP) is 1.79. The average Bonchev–Trinajstić information content (AvgIpc) is 2.98. The summed E-state index contributed by atoms with van der Waals surface area (Å²) in [5.74, 6) is 1.06. The number of carbonyl (C=O) groups excluding carboxylic acids is 1. The van der Waals surface area contributed by atoms with Crippen molar-refractivity contribution in [3.05, 3.63) is 42.0 Å². The molecule has 0 saturated carbocycles. The predicted molar refractivity (Wildman–Crippen MR) is 93.9 cm³/mol. The Bertz CT molecular complexity index is 711. The SMILES string of the molecule is Cc1ccccc1N1CCN(C(=O)CCc2nncn2C)[C@@H](C)C1. The highest BCUT2D eigenvalue weighted by molar-refractivity contribution is 5.77. The second-order valence-corrected chi connectivity index (χ2v) is 6.53. The molecule has 24 heavy (non-hydrogen) atoms. The number of amides is 1. The van der Waals surface area contributed by atoms with Crippen LogP contribution in [-0.2, 0) is 18.3 Å². The molecular formula is C18H25N5O. The fourth-order valence-electron chi connectivity index (χ4n) is 3.36. The molecule has 1 aromatic carbocycles. The minimum atomic E-state index is 0.204. The minimum Gasteiger partial charge on any atom is -0.367 e. The van der Waals surface area contributed by atoms with Crippen LogP contribution in [0.25, 0.3) is 0 Å². The summed E-state index contributed by atoms with van der Waals surface area (Å²) in [7, 11) is 1.91. The molecule has 0 aliphatic carbocycles. The monoisotopic (exact) mass is 327 g/mol. The molecule has 1 fully saturated rings. The van der Waals surface area contributed by atoms with E-state index in [1.54, 1.807) is 6.33 Å². The van der Waals surface area contributed by atoms with Gasteiger partial charge in [-0.05, 0) is 25.5 Å². The maximum atomic E-state index is 12.6.